The molecule has 0 saturated carbocycles. The molecule has 0 radical (unpaired) electrons. The van der Waals surface area contributed by atoms with Crippen LogP contribution in [0, 0.1) is 18.8 Å². The number of aromatic nitrogens is 2. The molecular weight excluding hydrogens is 252 g/mol. The predicted octanol–water partition coefficient (Wildman–Crippen LogP) is 1.00. The molecule has 2 aromatic heterocycles. The molecule has 0 atom stereocenters. The molecule has 0 aliphatic rings. The standard InChI is InChI=1S/C11H10N4O2S/c1-7-14-15-11(17-7)13-10(16)9-8(3-2-5-12)4-6-18-9/h4,6H,5,12H2,1H3,(H,13,15,16). The number of anilines is 1. The van der Waals surface area contributed by atoms with E-state index in [1.54, 1.807) is 18.4 Å². The smallest absolute Gasteiger partial charge is 0.322 e. The number of aryl methyl sites for hydroxylation is 1. The Bertz CT molecular complexity index is 620. The maximum absolute atomic E-state index is 11.9. The Morgan fingerprint density at radius 2 is 2.44 bits per heavy atom. The summed E-state index contributed by atoms with van der Waals surface area (Å²) in [7, 11) is 0. The van der Waals surface area contributed by atoms with Gasteiger partial charge in [0, 0.05) is 12.5 Å². The number of amides is 1. The van der Waals surface area contributed by atoms with Crippen molar-refractivity contribution in [2.24, 2.45) is 5.73 Å². The zero-order valence-corrected chi connectivity index (χ0v) is 10.4. The first-order chi connectivity index (χ1) is 8.70. The quantitative estimate of drug-likeness (QED) is 0.787. The van der Waals surface area contributed by atoms with E-state index >= 15 is 0 Å². The summed E-state index contributed by atoms with van der Waals surface area (Å²) in [6.45, 7) is 1.89. The van der Waals surface area contributed by atoms with Crippen LogP contribution in [0.5, 0.6) is 0 Å². The number of nitrogens with one attached hydrogen (secondary N) is 1. The zero-order valence-electron chi connectivity index (χ0n) is 9.56. The van der Waals surface area contributed by atoms with Gasteiger partial charge in [-0.05, 0) is 11.4 Å². The van der Waals surface area contributed by atoms with Crippen LogP contribution in [0.4, 0.5) is 6.01 Å². The molecule has 6 nitrogen and oxygen atoms in total. The molecule has 18 heavy (non-hydrogen) atoms. The number of nitrogens with zero attached hydrogens (tertiary/aromatic N) is 2. The summed E-state index contributed by atoms with van der Waals surface area (Å²) in [5, 5.41) is 11.6. The van der Waals surface area contributed by atoms with Crippen molar-refractivity contribution in [2.45, 2.75) is 6.92 Å². The zero-order chi connectivity index (χ0) is 13.0. The van der Waals surface area contributed by atoms with Crippen LogP contribution in [0.1, 0.15) is 21.1 Å². The van der Waals surface area contributed by atoms with Gasteiger partial charge >= 0.3 is 6.01 Å². The molecule has 2 heterocycles. The van der Waals surface area contributed by atoms with Crippen LogP contribution in [0.3, 0.4) is 0 Å². The van der Waals surface area contributed by atoms with E-state index in [-0.39, 0.29) is 18.5 Å². The highest BCUT2D eigenvalue weighted by molar-refractivity contribution is 7.12. The molecule has 0 saturated heterocycles. The number of thiophene rings is 1. The minimum atomic E-state index is -0.324. The van der Waals surface area contributed by atoms with Crippen molar-refractivity contribution in [1.29, 1.82) is 0 Å². The number of carbonyl (C=O) groups excluding carboxylic acids is 1. The molecule has 0 unspecified atom stereocenters. The Labute approximate surface area is 107 Å². The summed E-state index contributed by atoms with van der Waals surface area (Å²) in [6.07, 6.45) is 0. The number of rotatable bonds is 2. The second-order valence-corrected chi connectivity index (χ2v) is 4.17. The highest BCUT2D eigenvalue weighted by atomic mass is 32.1. The summed E-state index contributed by atoms with van der Waals surface area (Å²) in [6, 6.07) is 1.84. The van der Waals surface area contributed by atoms with Gasteiger partial charge in [0.25, 0.3) is 5.91 Å². The van der Waals surface area contributed by atoms with Gasteiger partial charge in [-0.2, -0.15) is 0 Å². The molecule has 0 aliphatic heterocycles. The van der Waals surface area contributed by atoms with Crippen molar-refractivity contribution in [3.8, 4) is 11.8 Å². The van der Waals surface area contributed by atoms with Gasteiger partial charge < -0.3 is 10.2 Å². The van der Waals surface area contributed by atoms with Crippen molar-refractivity contribution in [3.05, 3.63) is 27.8 Å². The lowest BCUT2D eigenvalue weighted by Gasteiger charge is -1.97. The van der Waals surface area contributed by atoms with Crippen molar-refractivity contribution >= 4 is 23.3 Å². The number of hydrogen-bond acceptors (Lipinski definition) is 6. The molecule has 0 fully saturated rings. The number of hydrogen-bond donors (Lipinski definition) is 2. The molecule has 2 aromatic rings. The summed E-state index contributed by atoms with van der Waals surface area (Å²) < 4.78 is 5.07. The van der Waals surface area contributed by atoms with Gasteiger partial charge in [-0.25, -0.2) is 0 Å². The molecule has 0 bridgehead atoms. The molecule has 0 aliphatic carbocycles. The van der Waals surface area contributed by atoms with Crippen LogP contribution in [-0.2, 0) is 0 Å². The monoisotopic (exact) mass is 262 g/mol. The molecular formula is C11H10N4O2S. The van der Waals surface area contributed by atoms with Crippen LogP contribution < -0.4 is 11.1 Å². The first-order valence-electron chi connectivity index (χ1n) is 5.08. The SMILES string of the molecule is Cc1nnc(NC(=O)c2sccc2C#CCN)o1. The first kappa shape index (κ1) is 12.3. The summed E-state index contributed by atoms with van der Waals surface area (Å²) in [4.78, 5) is 12.4. The van der Waals surface area contributed by atoms with E-state index in [2.05, 4.69) is 27.4 Å². The predicted molar refractivity (Wildman–Crippen MR) is 67.2 cm³/mol. The van der Waals surface area contributed by atoms with E-state index in [1.165, 1.54) is 11.3 Å². The van der Waals surface area contributed by atoms with Gasteiger partial charge in [-0.3, -0.25) is 10.1 Å². The molecule has 92 valence electrons. The molecule has 7 heteroatoms. The van der Waals surface area contributed by atoms with Gasteiger partial charge in [0.15, 0.2) is 0 Å². The topological polar surface area (TPSA) is 94.0 Å². The Morgan fingerprint density at radius 3 is 3.11 bits per heavy atom. The van der Waals surface area contributed by atoms with Crippen molar-refractivity contribution in [1.82, 2.24) is 10.2 Å². The summed E-state index contributed by atoms with van der Waals surface area (Å²) in [5.74, 6) is 5.60. The van der Waals surface area contributed by atoms with Crippen LogP contribution in [-0.4, -0.2) is 22.6 Å². The highest BCUT2D eigenvalue weighted by Crippen LogP contribution is 2.17. The molecule has 0 aromatic carbocycles. The van der Waals surface area contributed by atoms with Crippen LogP contribution >= 0.6 is 11.3 Å². The lowest BCUT2D eigenvalue weighted by molar-refractivity contribution is 0.102. The largest absolute Gasteiger partial charge is 0.408 e. The highest BCUT2D eigenvalue weighted by Gasteiger charge is 2.14. The third-order valence-corrected chi connectivity index (χ3v) is 2.86. The van der Waals surface area contributed by atoms with Crippen LogP contribution in [0.15, 0.2) is 15.9 Å². The third-order valence-electron chi connectivity index (χ3n) is 1.94. The van der Waals surface area contributed by atoms with E-state index in [0.29, 0.717) is 16.3 Å². The second kappa shape index (κ2) is 5.44. The molecule has 3 N–H and O–H groups in total. The lowest BCUT2D eigenvalue weighted by Crippen LogP contribution is -2.11. The van der Waals surface area contributed by atoms with E-state index in [4.69, 9.17) is 10.2 Å². The molecule has 1 amide bonds. The normalized spacial score (nSPS) is 9.67. The van der Waals surface area contributed by atoms with E-state index in [0.717, 1.165) is 0 Å². The average molecular weight is 262 g/mol. The molecule has 2 rings (SSSR count). The van der Waals surface area contributed by atoms with Gasteiger partial charge in [0.05, 0.1) is 6.54 Å². The van der Waals surface area contributed by atoms with Gasteiger partial charge in [-0.1, -0.05) is 16.9 Å². The van der Waals surface area contributed by atoms with Gasteiger partial charge in [0.1, 0.15) is 4.88 Å². The van der Waals surface area contributed by atoms with Crippen LogP contribution in [0.25, 0.3) is 0 Å². The number of nitrogens with two attached hydrogens (primary N) is 1. The minimum absolute atomic E-state index is 0.0728. The minimum Gasteiger partial charge on any atom is -0.408 e. The van der Waals surface area contributed by atoms with Gasteiger partial charge in [-0.15, -0.1) is 16.4 Å². The van der Waals surface area contributed by atoms with E-state index < -0.39 is 0 Å². The number of carbonyl (C=O) groups is 1. The van der Waals surface area contributed by atoms with E-state index in [1.807, 2.05) is 0 Å². The van der Waals surface area contributed by atoms with Crippen LogP contribution in [0.2, 0.25) is 0 Å². The Hall–Kier alpha value is -2.17. The maximum Gasteiger partial charge on any atom is 0.322 e. The average Bonchev–Trinajstić information content (AvgIpc) is 2.95. The molecule has 0 spiro atoms. The van der Waals surface area contributed by atoms with Crippen molar-refractivity contribution < 1.29 is 9.21 Å². The Morgan fingerprint density at radius 1 is 1.61 bits per heavy atom. The van der Waals surface area contributed by atoms with Crippen molar-refractivity contribution in [3.63, 3.8) is 0 Å². The fourth-order valence-corrected chi connectivity index (χ4v) is 1.98. The first-order valence-corrected chi connectivity index (χ1v) is 5.96. The third kappa shape index (κ3) is 2.74. The Balaban J connectivity index is 2.16. The second-order valence-electron chi connectivity index (χ2n) is 3.25. The Kier molecular flexibility index (Phi) is 3.72. The summed E-state index contributed by atoms with van der Waals surface area (Å²) >= 11 is 1.29. The fraction of sp³-hybridized carbons (Fsp3) is 0.182. The van der Waals surface area contributed by atoms with E-state index in [9.17, 15) is 4.79 Å². The van der Waals surface area contributed by atoms with Crippen molar-refractivity contribution in [2.75, 3.05) is 11.9 Å². The van der Waals surface area contributed by atoms with Gasteiger partial charge in [0.2, 0.25) is 5.89 Å². The lowest BCUT2D eigenvalue weighted by atomic mass is 10.2. The maximum atomic E-state index is 11.9. The fourth-order valence-electron chi connectivity index (χ4n) is 1.23. The summed E-state index contributed by atoms with van der Waals surface area (Å²) in [5.41, 5.74) is 5.93.